The summed E-state index contributed by atoms with van der Waals surface area (Å²) in [4.78, 5) is 1.99. The molecule has 0 spiro atoms. The van der Waals surface area contributed by atoms with Gasteiger partial charge in [-0.05, 0) is 30.8 Å². The molecule has 6 heteroatoms. The van der Waals surface area contributed by atoms with Crippen LogP contribution in [-0.2, 0) is 0 Å². The Balaban J connectivity index is 2.05. The molecule has 0 radical (unpaired) electrons. The number of likely N-dealkylation sites (N-methyl/N-ethyl adjacent to an activating group) is 1. The van der Waals surface area contributed by atoms with Crippen LogP contribution in [0, 0.1) is 11.6 Å². The van der Waals surface area contributed by atoms with Gasteiger partial charge in [0, 0.05) is 36.6 Å². The smallest absolute Gasteiger partial charge is 0.168 e. The first-order valence-corrected chi connectivity index (χ1v) is 7.25. The van der Waals surface area contributed by atoms with Gasteiger partial charge in [0.2, 0.25) is 0 Å². The van der Waals surface area contributed by atoms with Gasteiger partial charge in [0.25, 0.3) is 0 Å². The third-order valence-electron chi connectivity index (χ3n) is 4.39. The SMILES string of the molecule is CN1C[C@@H](c2ccc(O)c(O)c2)[C@H](c2cc(F)cc(F)c2O)C1. The fourth-order valence-electron chi connectivity index (χ4n) is 3.29. The summed E-state index contributed by atoms with van der Waals surface area (Å²) in [5, 5.41) is 29.1. The predicted molar refractivity (Wildman–Crippen MR) is 80.8 cm³/mol. The molecule has 2 aromatic rings. The lowest BCUT2D eigenvalue weighted by molar-refractivity contribution is 0.398. The van der Waals surface area contributed by atoms with Gasteiger partial charge in [-0.1, -0.05) is 6.07 Å². The van der Waals surface area contributed by atoms with Gasteiger partial charge >= 0.3 is 0 Å². The molecule has 0 unspecified atom stereocenters. The van der Waals surface area contributed by atoms with E-state index in [4.69, 9.17) is 0 Å². The Bertz CT molecular complexity index is 751. The maximum absolute atomic E-state index is 13.7. The molecule has 0 aliphatic carbocycles. The first kappa shape index (κ1) is 15.6. The Hall–Kier alpha value is -2.34. The molecule has 4 nitrogen and oxygen atoms in total. The van der Waals surface area contributed by atoms with Crippen LogP contribution in [-0.4, -0.2) is 40.4 Å². The zero-order chi connectivity index (χ0) is 16.7. The van der Waals surface area contributed by atoms with Crippen LogP contribution in [0.25, 0.3) is 0 Å². The van der Waals surface area contributed by atoms with E-state index in [0.717, 1.165) is 11.6 Å². The number of phenols is 3. The maximum Gasteiger partial charge on any atom is 0.168 e. The number of rotatable bonds is 2. The van der Waals surface area contributed by atoms with E-state index in [-0.39, 0.29) is 28.9 Å². The van der Waals surface area contributed by atoms with E-state index in [0.29, 0.717) is 19.2 Å². The highest BCUT2D eigenvalue weighted by Gasteiger charge is 2.35. The lowest BCUT2D eigenvalue weighted by Gasteiger charge is -2.21. The molecule has 1 aliphatic heterocycles. The molecule has 1 heterocycles. The number of halogens is 2. The molecular weight excluding hydrogens is 304 g/mol. The van der Waals surface area contributed by atoms with Crippen LogP contribution in [0.5, 0.6) is 17.2 Å². The second kappa shape index (κ2) is 5.70. The van der Waals surface area contributed by atoms with Crippen LogP contribution < -0.4 is 0 Å². The van der Waals surface area contributed by atoms with E-state index in [1.807, 2.05) is 11.9 Å². The zero-order valence-corrected chi connectivity index (χ0v) is 12.5. The Morgan fingerprint density at radius 2 is 1.65 bits per heavy atom. The molecule has 0 bridgehead atoms. The average molecular weight is 321 g/mol. The molecule has 122 valence electrons. The van der Waals surface area contributed by atoms with Gasteiger partial charge in [-0.25, -0.2) is 8.78 Å². The average Bonchev–Trinajstić information content (AvgIpc) is 2.87. The molecule has 1 saturated heterocycles. The van der Waals surface area contributed by atoms with Gasteiger partial charge < -0.3 is 20.2 Å². The summed E-state index contributed by atoms with van der Waals surface area (Å²) in [7, 11) is 1.87. The van der Waals surface area contributed by atoms with E-state index in [2.05, 4.69) is 0 Å². The number of nitrogens with zero attached hydrogens (tertiary/aromatic N) is 1. The molecular formula is C17H17F2NO3. The van der Waals surface area contributed by atoms with E-state index >= 15 is 0 Å². The van der Waals surface area contributed by atoms with Crippen molar-refractivity contribution < 1.29 is 24.1 Å². The standard InChI is InChI=1S/C17H17F2NO3/c1-20-7-12(9-2-3-15(21)16(22)4-9)13(8-20)11-5-10(18)6-14(19)17(11)23/h2-6,12-13,21-23H,7-8H2,1H3/t12-,13-/m0/s1. The van der Waals surface area contributed by atoms with Gasteiger partial charge in [-0.3, -0.25) is 0 Å². The molecule has 0 aromatic heterocycles. The largest absolute Gasteiger partial charge is 0.505 e. The van der Waals surface area contributed by atoms with Crippen molar-refractivity contribution in [3.05, 3.63) is 53.1 Å². The fourth-order valence-corrected chi connectivity index (χ4v) is 3.29. The number of hydrogen-bond donors (Lipinski definition) is 3. The summed E-state index contributed by atoms with van der Waals surface area (Å²) in [5.41, 5.74) is 0.947. The number of aromatic hydroxyl groups is 3. The highest BCUT2D eigenvalue weighted by molar-refractivity contribution is 5.45. The van der Waals surface area contributed by atoms with Crippen molar-refractivity contribution in [2.45, 2.75) is 11.8 Å². The van der Waals surface area contributed by atoms with Crippen molar-refractivity contribution in [2.24, 2.45) is 0 Å². The van der Waals surface area contributed by atoms with Gasteiger partial charge in [-0.2, -0.15) is 0 Å². The second-order valence-corrected chi connectivity index (χ2v) is 6.01. The summed E-state index contributed by atoms with van der Waals surface area (Å²) >= 11 is 0. The molecule has 1 aliphatic rings. The molecule has 0 saturated carbocycles. The number of hydrogen-bond acceptors (Lipinski definition) is 4. The van der Waals surface area contributed by atoms with Crippen molar-refractivity contribution in [3.63, 3.8) is 0 Å². The monoisotopic (exact) mass is 321 g/mol. The van der Waals surface area contributed by atoms with Crippen LogP contribution in [0.4, 0.5) is 8.78 Å². The summed E-state index contributed by atoms with van der Waals surface area (Å²) < 4.78 is 27.2. The van der Waals surface area contributed by atoms with Crippen molar-refractivity contribution in [1.29, 1.82) is 0 Å². The van der Waals surface area contributed by atoms with Crippen LogP contribution in [0.2, 0.25) is 0 Å². The van der Waals surface area contributed by atoms with E-state index in [1.165, 1.54) is 12.1 Å². The molecule has 3 rings (SSSR count). The molecule has 0 amide bonds. The van der Waals surface area contributed by atoms with E-state index < -0.39 is 17.4 Å². The Kier molecular flexibility index (Phi) is 3.85. The topological polar surface area (TPSA) is 63.9 Å². The summed E-state index contributed by atoms with van der Waals surface area (Å²) in [6, 6.07) is 6.29. The molecule has 2 aromatic carbocycles. The minimum absolute atomic E-state index is 0.168. The van der Waals surface area contributed by atoms with Gasteiger partial charge in [0.1, 0.15) is 5.82 Å². The molecule has 23 heavy (non-hydrogen) atoms. The molecule has 1 fully saturated rings. The number of likely N-dealkylation sites (tertiary alicyclic amines) is 1. The predicted octanol–water partition coefficient (Wildman–Crippen LogP) is 2.89. The fraction of sp³-hybridized carbons (Fsp3) is 0.294. The van der Waals surface area contributed by atoms with E-state index in [9.17, 15) is 24.1 Å². The number of benzene rings is 2. The van der Waals surface area contributed by atoms with Gasteiger partial charge in [-0.15, -0.1) is 0 Å². The lowest BCUT2D eigenvalue weighted by Crippen LogP contribution is -2.13. The van der Waals surface area contributed by atoms with Gasteiger partial charge in [0.05, 0.1) is 0 Å². The highest BCUT2D eigenvalue weighted by Crippen LogP contribution is 2.44. The highest BCUT2D eigenvalue weighted by atomic mass is 19.1. The molecule has 2 atom stereocenters. The third kappa shape index (κ3) is 2.82. The first-order chi connectivity index (χ1) is 10.9. The summed E-state index contributed by atoms with van der Waals surface area (Å²) in [5.74, 6) is -3.23. The number of phenolic OH excluding ortho intramolecular Hbond substituents is 3. The molecule has 3 N–H and O–H groups in total. The van der Waals surface area contributed by atoms with Crippen molar-refractivity contribution in [2.75, 3.05) is 20.1 Å². The summed E-state index contributed by atoms with van der Waals surface area (Å²) in [6.07, 6.45) is 0. The van der Waals surface area contributed by atoms with Crippen molar-refractivity contribution >= 4 is 0 Å². The Labute approximate surface area is 132 Å². The van der Waals surface area contributed by atoms with E-state index in [1.54, 1.807) is 6.07 Å². The summed E-state index contributed by atoms with van der Waals surface area (Å²) in [6.45, 7) is 1.12. The lowest BCUT2D eigenvalue weighted by atomic mass is 9.83. The third-order valence-corrected chi connectivity index (χ3v) is 4.39. The Morgan fingerprint density at radius 3 is 2.35 bits per heavy atom. The van der Waals surface area contributed by atoms with Crippen LogP contribution in [0.1, 0.15) is 23.0 Å². The minimum atomic E-state index is -0.984. The van der Waals surface area contributed by atoms with Crippen molar-refractivity contribution in [3.8, 4) is 17.2 Å². The van der Waals surface area contributed by atoms with Crippen molar-refractivity contribution in [1.82, 2.24) is 4.90 Å². The minimum Gasteiger partial charge on any atom is -0.505 e. The van der Waals surface area contributed by atoms with Crippen LogP contribution in [0.15, 0.2) is 30.3 Å². The zero-order valence-electron chi connectivity index (χ0n) is 12.5. The van der Waals surface area contributed by atoms with Gasteiger partial charge in [0.15, 0.2) is 23.1 Å². The van der Waals surface area contributed by atoms with Crippen LogP contribution in [0.3, 0.4) is 0 Å². The normalized spacial score (nSPS) is 21.7. The maximum atomic E-state index is 13.7. The van der Waals surface area contributed by atoms with Crippen LogP contribution >= 0.6 is 0 Å². The first-order valence-electron chi connectivity index (χ1n) is 7.25. The Morgan fingerprint density at radius 1 is 0.957 bits per heavy atom. The second-order valence-electron chi connectivity index (χ2n) is 6.01. The quantitative estimate of drug-likeness (QED) is 0.744.